The first-order valence-corrected chi connectivity index (χ1v) is 7.29. The maximum absolute atomic E-state index is 4.39. The predicted octanol–water partition coefficient (Wildman–Crippen LogP) is 4.16. The van der Waals surface area contributed by atoms with Crippen LogP contribution in [0.3, 0.4) is 0 Å². The lowest BCUT2D eigenvalue weighted by atomic mass is 9.91. The van der Waals surface area contributed by atoms with Crippen molar-refractivity contribution in [2.24, 2.45) is 0 Å². The van der Waals surface area contributed by atoms with E-state index in [4.69, 9.17) is 0 Å². The second-order valence-corrected chi connectivity index (χ2v) is 5.48. The van der Waals surface area contributed by atoms with Gasteiger partial charge in [0.05, 0.1) is 11.6 Å². The second-order valence-electron chi connectivity index (χ2n) is 5.48. The van der Waals surface area contributed by atoms with Crippen molar-refractivity contribution >= 4 is 10.9 Å². The minimum absolute atomic E-state index is 0.204. The van der Waals surface area contributed by atoms with E-state index in [9.17, 15) is 0 Å². The van der Waals surface area contributed by atoms with Gasteiger partial charge in [0.2, 0.25) is 0 Å². The maximum atomic E-state index is 4.39. The highest BCUT2D eigenvalue weighted by Gasteiger charge is 2.16. The van der Waals surface area contributed by atoms with Crippen LogP contribution in [-0.4, -0.2) is 12.0 Å². The molecule has 21 heavy (non-hydrogen) atoms. The molecule has 0 bridgehead atoms. The first kappa shape index (κ1) is 13.8. The molecule has 0 aliphatic heterocycles. The molecule has 1 unspecified atom stereocenters. The van der Waals surface area contributed by atoms with Crippen LogP contribution in [0.1, 0.15) is 28.3 Å². The van der Waals surface area contributed by atoms with E-state index < -0.39 is 0 Å². The number of fused-ring (bicyclic) bond motifs is 1. The van der Waals surface area contributed by atoms with Gasteiger partial charge in [-0.2, -0.15) is 0 Å². The summed E-state index contributed by atoms with van der Waals surface area (Å²) in [5.74, 6) is 0. The maximum Gasteiger partial charge on any atom is 0.0702 e. The van der Waals surface area contributed by atoms with Gasteiger partial charge in [0, 0.05) is 11.6 Å². The number of benzene rings is 2. The lowest BCUT2D eigenvalue weighted by Gasteiger charge is -2.22. The van der Waals surface area contributed by atoms with Crippen molar-refractivity contribution in [2.45, 2.75) is 19.9 Å². The van der Waals surface area contributed by atoms with Gasteiger partial charge >= 0.3 is 0 Å². The lowest BCUT2D eigenvalue weighted by Crippen LogP contribution is -2.19. The third-order valence-corrected chi connectivity index (χ3v) is 4.08. The standard InChI is InChI=1S/C19H20N2/c1-13-6-4-7-14(2)18(13)19(20-3)16-9-10-17-15(12-16)8-5-11-21-17/h4-12,19-20H,1-3H3. The summed E-state index contributed by atoms with van der Waals surface area (Å²) in [6, 6.07) is 17.3. The monoisotopic (exact) mass is 276 g/mol. The minimum Gasteiger partial charge on any atom is -0.309 e. The third-order valence-electron chi connectivity index (χ3n) is 4.08. The number of aromatic nitrogens is 1. The molecule has 1 heterocycles. The highest BCUT2D eigenvalue weighted by Crippen LogP contribution is 2.29. The van der Waals surface area contributed by atoms with E-state index in [1.807, 2.05) is 19.3 Å². The van der Waals surface area contributed by atoms with Crippen molar-refractivity contribution < 1.29 is 0 Å². The Hall–Kier alpha value is -2.19. The summed E-state index contributed by atoms with van der Waals surface area (Å²) in [4.78, 5) is 4.39. The molecule has 0 aliphatic carbocycles. The summed E-state index contributed by atoms with van der Waals surface area (Å²) < 4.78 is 0. The van der Waals surface area contributed by atoms with Crippen molar-refractivity contribution in [1.29, 1.82) is 0 Å². The van der Waals surface area contributed by atoms with E-state index in [0.29, 0.717) is 0 Å². The molecule has 0 radical (unpaired) electrons. The second kappa shape index (κ2) is 5.66. The summed E-state index contributed by atoms with van der Waals surface area (Å²) in [6.07, 6.45) is 1.84. The van der Waals surface area contributed by atoms with Crippen LogP contribution in [-0.2, 0) is 0 Å². The Labute approximate surface area is 125 Å². The van der Waals surface area contributed by atoms with Crippen LogP contribution in [0.5, 0.6) is 0 Å². The third kappa shape index (κ3) is 2.55. The van der Waals surface area contributed by atoms with Gasteiger partial charge in [-0.05, 0) is 61.3 Å². The highest BCUT2D eigenvalue weighted by molar-refractivity contribution is 5.79. The number of rotatable bonds is 3. The van der Waals surface area contributed by atoms with E-state index in [1.165, 1.54) is 27.6 Å². The summed E-state index contributed by atoms with van der Waals surface area (Å²) in [5.41, 5.74) is 6.32. The lowest BCUT2D eigenvalue weighted by molar-refractivity contribution is 0.684. The SMILES string of the molecule is CNC(c1ccc2ncccc2c1)c1c(C)cccc1C. The highest BCUT2D eigenvalue weighted by atomic mass is 14.9. The molecule has 0 fully saturated rings. The normalized spacial score (nSPS) is 12.5. The Bertz CT molecular complexity index is 757. The molecular weight excluding hydrogens is 256 g/mol. The minimum atomic E-state index is 0.204. The van der Waals surface area contributed by atoms with E-state index in [0.717, 1.165) is 5.52 Å². The zero-order chi connectivity index (χ0) is 14.8. The number of pyridine rings is 1. The molecule has 106 valence electrons. The molecule has 1 aromatic heterocycles. The van der Waals surface area contributed by atoms with Gasteiger partial charge in [0.1, 0.15) is 0 Å². The van der Waals surface area contributed by atoms with Gasteiger partial charge in [0.15, 0.2) is 0 Å². The summed E-state index contributed by atoms with van der Waals surface area (Å²) >= 11 is 0. The van der Waals surface area contributed by atoms with E-state index in [-0.39, 0.29) is 6.04 Å². The van der Waals surface area contributed by atoms with Crippen LogP contribution in [0.4, 0.5) is 0 Å². The van der Waals surface area contributed by atoms with Crippen LogP contribution in [0.25, 0.3) is 10.9 Å². The van der Waals surface area contributed by atoms with Crippen LogP contribution in [0, 0.1) is 13.8 Å². The Morgan fingerprint density at radius 1 is 0.952 bits per heavy atom. The van der Waals surface area contributed by atoms with Crippen LogP contribution in [0.15, 0.2) is 54.7 Å². The number of hydrogen-bond donors (Lipinski definition) is 1. The fourth-order valence-electron chi connectivity index (χ4n) is 3.03. The van der Waals surface area contributed by atoms with Crippen molar-refractivity contribution in [3.05, 3.63) is 77.0 Å². The average molecular weight is 276 g/mol. The summed E-state index contributed by atoms with van der Waals surface area (Å²) in [7, 11) is 2.02. The fraction of sp³-hybridized carbons (Fsp3) is 0.211. The molecule has 0 saturated carbocycles. The number of nitrogens with one attached hydrogen (secondary N) is 1. The van der Waals surface area contributed by atoms with Gasteiger partial charge < -0.3 is 5.32 Å². The molecule has 0 spiro atoms. The first-order valence-electron chi connectivity index (χ1n) is 7.29. The van der Waals surface area contributed by atoms with Gasteiger partial charge in [-0.25, -0.2) is 0 Å². The van der Waals surface area contributed by atoms with Crippen molar-refractivity contribution in [3.63, 3.8) is 0 Å². The Morgan fingerprint density at radius 2 is 1.71 bits per heavy atom. The molecule has 0 aliphatic rings. The van der Waals surface area contributed by atoms with Gasteiger partial charge in [-0.1, -0.05) is 30.3 Å². The molecule has 0 saturated heterocycles. The van der Waals surface area contributed by atoms with Crippen molar-refractivity contribution in [3.8, 4) is 0 Å². The molecule has 0 amide bonds. The summed E-state index contributed by atoms with van der Waals surface area (Å²) in [6.45, 7) is 4.35. The smallest absolute Gasteiger partial charge is 0.0702 e. The number of nitrogens with zero attached hydrogens (tertiary/aromatic N) is 1. The predicted molar refractivity (Wildman–Crippen MR) is 88.6 cm³/mol. The Kier molecular flexibility index (Phi) is 3.72. The molecule has 1 atom stereocenters. The largest absolute Gasteiger partial charge is 0.309 e. The zero-order valence-corrected chi connectivity index (χ0v) is 12.7. The fourth-order valence-corrected chi connectivity index (χ4v) is 3.03. The van der Waals surface area contributed by atoms with Gasteiger partial charge in [0.25, 0.3) is 0 Å². The molecular formula is C19H20N2. The van der Waals surface area contributed by atoms with E-state index in [1.54, 1.807) is 0 Å². The quantitative estimate of drug-likeness (QED) is 0.777. The topological polar surface area (TPSA) is 24.9 Å². The van der Waals surface area contributed by atoms with E-state index in [2.05, 4.69) is 66.6 Å². The van der Waals surface area contributed by atoms with Crippen molar-refractivity contribution in [2.75, 3.05) is 7.05 Å². The molecule has 3 rings (SSSR count). The number of hydrogen-bond acceptors (Lipinski definition) is 2. The van der Waals surface area contributed by atoms with Gasteiger partial charge in [-0.15, -0.1) is 0 Å². The molecule has 2 nitrogen and oxygen atoms in total. The molecule has 3 aromatic rings. The van der Waals surface area contributed by atoms with Crippen LogP contribution in [0.2, 0.25) is 0 Å². The van der Waals surface area contributed by atoms with Crippen LogP contribution >= 0.6 is 0 Å². The molecule has 2 heteroatoms. The zero-order valence-electron chi connectivity index (χ0n) is 12.7. The Morgan fingerprint density at radius 3 is 2.43 bits per heavy atom. The van der Waals surface area contributed by atoms with Gasteiger partial charge in [-0.3, -0.25) is 4.98 Å². The van der Waals surface area contributed by atoms with E-state index >= 15 is 0 Å². The van der Waals surface area contributed by atoms with Crippen molar-refractivity contribution in [1.82, 2.24) is 10.3 Å². The average Bonchev–Trinajstić information content (AvgIpc) is 2.50. The molecule has 2 aromatic carbocycles. The Balaban J connectivity index is 2.14. The first-order chi connectivity index (χ1) is 10.2. The number of aryl methyl sites for hydroxylation is 2. The van der Waals surface area contributed by atoms with Crippen LogP contribution < -0.4 is 5.32 Å². The molecule has 1 N–H and O–H groups in total. The summed E-state index contributed by atoms with van der Waals surface area (Å²) in [5, 5.41) is 4.64.